The van der Waals surface area contributed by atoms with Gasteiger partial charge in [-0.1, -0.05) is 23.8 Å². The molecule has 0 bridgehead atoms. The minimum atomic E-state index is 0.330. The van der Waals surface area contributed by atoms with Crippen LogP contribution < -0.4 is 11.1 Å². The molecule has 0 spiro atoms. The molecule has 2 fully saturated rings. The molecule has 1 aromatic rings. The van der Waals surface area contributed by atoms with Crippen molar-refractivity contribution in [2.75, 3.05) is 11.9 Å². The number of anilines is 1. The van der Waals surface area contributed by atoms with Crippen molar-refractivity contribution in [1.29, 1.82) is 0 Å². The van der Waals surface area contributed by atoms with E-state index >= 15 is 0 Å². The second-order valence-corrected chi connectivity index (χ2v) is 6.12. The predicted molar refractivity (Wildman–Crippen MR) is 81.8 cm³/mol. The Morgan fingerprint density at radius 2 is 2.16 bits per heavy atom. The Labute approximate surface area is 123 Å². The van der Waals surface area contributed by atoms with Crippen molar-refractivity contribution in [3.8, 4) is 0 Å². The predicted octanol–water partition coefficient (Wildman–Crippen LogP) is 2.95. The largest absolute Gasteiger partial charge is 0.389 e. The lowest BCUT2D eigenvalue weighted by Crippen LogP contribution is -2.30. The van der Waals surface area contributed by atoms with E-state index in [-0.39, 0.29) is 0 Å². The van der Waals surface area contributed by atoms with Crippen LogP contribution in [0.15, 0.2) is 18.2 Å². The van der Waals surface area contributed by atoms with Gasteiger partial charge in [-0.05, 0) is 43.4 Å². The normalized spacial score (nSPS) is 26.4. The van der Waals surface area contributed by atoms with E-state index in [1.807, 2.05) is 18.2 Å². The molecule has 2 unspecified atom stereocenters. The summed E-state index contributed by atoms with van der Waals surface area (Å²) >= 11 is 11.1. The van der Waals surface area contributed by atoms with Crippen molar-refractivity contribution in [2.45, 2.75) is 31.4 Å². The first-order chi connectivity index (χ1) is 9.15. The molecule has 3 rings (SSSR count). The summed E-state index contributed by atoms with van der Waals surface area (Å²) in [6.07, 6.45) is 4.00. The zero-order chi connectivity index (χ0) is 13.4. The number of benzene rings is 1. The van der Waals surface area contributed by atoms with E-state index in [0.29, 0.717) is 22.2 Å². The molecule has 1 aliphatic carbocycles. The highest BCUT2D eigenvalue weighted by molar-refractivity contribution is 7.80. The monoisotopic (exact) mass is 296 g/mol. The quantitative estimate of drug-likeness (QED) is 0.839. The first kappa shape index (κ1) is 13.2. The highest BCUT2D eigenvalue weighted by Crippen LogP contribution is 2.39. The minimum Gasteiger partial charge on any atom is -0.389 e. The lowest BCUT2D eigenvalue weighted by atomic mass is 10.1. The molecule has 1 heterocycles. The standard InChI is InChI=1S/C14H17ClN2OS/c15-11-7-9(3-4-10(11)14(16)19)17-12-5-6-18-13(12)8-1-2-8/h3-4,7-8,12-13,17H,1-2,5-6H2,(H2,16,19). The molecule has 0 radical (unpaired) electrons. The van der Waals surface area contributed by atoms with Crippen LogP contribution in [0.3, 0.4) is 0 Å². The third-order valence-corrected chi connectivity index (χ3v) is 4.34. The second kappa shape index (κ2) is 5.27. The van der Waals surface area contributed by atoms with E-state index < -0.39 is 0 Å². The summed E-state index contributed by atoms with van der Waals surface area (Å²) in [5.41, 5.74) is 7.34. The average molecular weight is 297 g/mol. The van der Waals surface area contributed by atoms with Gasteiger partial charge in [0.1, 0.15) is 4.99 Å². The summed E-state index contributed by atoms with van der Waals surface area (Å²) < 4.78 is 5.82. The maximum absolute atomic E-state index is 6.18. The zero-order valence-electron chi connectivity index (χ0n) is 10.6. The van der Waals surface area contributed by atoms with Crippen LogP contribution >= 0.6 is 23.8 Å². The Bertz CT molecular complexity index is 504. The molecule has 1 aromatic carbocycles. The van der Waals surface area contributed by atoms with E-state index in [1.165, 1.54) is 12.8 Å². The third-order valence-electron chi connectivity index (χ3n) is 3.81. The molecular formula is C14H17ClN2OS. The van der Waals surface area contributed by atoms with E-state index in [2.05, 4.69) is 5.32 Å². The van der Waals surface area contributed by atoms with Gasteiger partial charge < -0.3 is 15.8 Å². The number of ether oxygens (including phenoxy) is 1. The minimum absolute atomic E-state index is 0.330. The number of nitrogens with two attached hydrogens (primary N) is 1. The Kier molecular flexibility index (Phi) is 3.65. The van der Waals surface area contributed by atoms with Gasteiger partial charge >= 0.3 is 0 Å². The van der Waals surface area contributed by atoms with Crippen LogP contribution in [-0.2, 0) is 4.74 Å². The molecule has 2 aliphatic rings. The van der Waals surface area contributed by atoms with Crippen LogP contribution in [0, 0.1) is 5.92 Å². The zero-order valence-corrected chi connectivity index (χ0v) is 12.1. The maximum Gasteiger partial charge on any atom is 0.105 e. The fraction of sp³-hybridized carbons (Fsp3) is 0.500. The van der Waals surface area contributed by atoms with Gasteiger partial charge in [-0.25, -0.2) is 0 Å². The fourth-order valence-electron chi connectivity index (χ4n) is 2.67. The van der Waals surface area contributed by atoms with Crippen LogP contribution in [-0.4, -0.2) is 23.7 Å². The number of hydrogen-bond donors (Lipinski definition) is 2. The Hall–Kier alpha value is -0.840. The summed E-state index contributed by atoms with van der Waals surface area (Å²) in [7, 11) is 0. The van der Waals surface area contributed by atoms with Crippen molar-refractivity contribution < 1.29 is 4.74 Å². The molecule has 3 nitrogen and oxygen atoms in total. The topological polar surface area (TPSA) is 47.3 Å². The van der Waals surface area contributed by atoms with Gasteiger partial charge in [0, 0.05) is 17.9 Å². The molecule has 5 heteroatoms. The van der Waals surface area contributed by atoms with Gasteiger partial charge in [-0.2, -0.15) is 0 Å². The SMILES string of the molecule is NC(=S)c1ccc(NC2CCOC2C2CC2)cc1Cl. The molecule has 102 valence electrons. The fourth-order valence-corrected chi connectivity index (χ4v) is 3.19. The second-order valence-electron chi connectivity index (χ2n) is 5.27. The highest BCUT2D eigenvalue weighted by Gasteiger charge is 2.40. The first-order valence-electron chi connectivity index (χ1n) is 6.62. The summed E-state index contributed by atoms with van der Waals surface area (Å²) in [5.74, 6) is 0.742. The molecular weight excluding hydrogens is 280 g/mol. The summed E-state index contributed by atoms with van der Waals surface area (Å²) in [6, 6.07) is 6.12. The number of rotatable bonds is 4. The van der Waals surface area contributed by atoms with E-state index in [4.69, 9.17) is 34.3 Å². The van der Waals surface area contributed by atoms with Crippen LogP contribution in [0.5, 0.6) is 0 Å². The van der Waals surface area contributed by atoms with Crippen molar-refractivity contribution >= 4 is 34.5 Å². The molecule has 0 aromatic heterocycles. The van der Waals surface area contributed by atoms with Crippen molar-refractivity contribution in [1.82, 2.24) is 0 Å². The Balaban J connectivity index is 1.72. The summed E-state index contributed by atoms with van der Waals surface area (Å²) in [6.45, 7) is 0.845. The van der Waals surface area contributed by atoms with Crippen molar-refractivity contribution in [2.24, 2.45) is 11.7 Å². The van der Waals surface area contributed by atoms with Crippen LogP contribution in [0.25, 0.3) is 0 Å². The van der Waals surface area contributed by atoms with Crippen molar-refractivity contribution in [3.05, 3.63) is 28.8 Å². The smallest absolute Gasteiger partial charge is 0.105 e. The van der Waals surface area contributed by atoms with E-state index in [1.54, 1.807) is 0 Å². The van der Waals surface area contributed by atoms with Crippen LogP contribution in [0.4, 0.5) is 5.69 Å². The Morgan fingerprint density at radius 3 is 2.79 bits per heavy atom. The first-order valence-corrected chi connectivity index (χ1v) is 7.41. The van der Waals surface area contributed by atoms with Gasteiger partial charge in [0.05, 0.1) is 17.2 Å². The van der Waals surface area contributed by atoms with E-state index in [9.17, 15) is 0 Å². The molecule has 1 saturated heterocycles. The molecule has 0 amide bonds. The average Bonchev–Trinajstić information content (AvgIpc) is 3.10. The van der Waals surface area contributed by atoms with Gasteiger partial charge in [0.15, 0.2) is 0 Å². The number of hydrogen-bond acceptors (Lipinski definition) is 3. The molecule has 19 heavy (non-hydrogen) atoms. The lowest BCUT2D eigenvalue weighted by Gasteiger charge is -2.21. The molecule has 3 N–H and O–H groups in total. The molecule has 1 saturated carbocycles. The molecule has 1 aliphatic heterocycles. The third kappa shape index (κ3) is 2.86. The van der Waals surface area contributed by atoms with Gasteiger partial charge in [-0.15, -0.1) is 0 Å². The van der Waals surface area contributed by atoms with Gasteiger partial charge in [0.25, 0.3) is 0 Å². The highest BCUT2D eigenvalue weighted by atomic mass is 35.5. The maximum atomic E-state index is 6.18. The van der Waals surface area contributed by atoms with Crippen LogP contribution in [0.2, 0.25) is 5.02 Å². The summed E-state index contributed by atoms with van der Waals surface area (Å²) in [5, 5.41) is 4.12. The lowest BCUT2D eigenvalue weighted by molar-refractivity contribution is 0.0898. The summed E-state index contributed by atoms with van der Waals surface area (Å²) in [4.78, 5) is 0.330. The van der Waals surface area contributed by atoms with E-state index in [0.717, 1.165) is 30.2 Å². The number of halogens is 1. The Morgan fingerprint density at radius 1 is 1.37 bits per heavy atom. The molecule has 2 atom stereocenters. The number of nitrogens with one attached hydrogen (secondary N) is 1. The number of thiocarbonyl (C=S) groups is 1. The van der Waals surface area contributed by atoms with Crippen molar-refractivity contribution in [3.63, 3.8) is 0 Å². The van der Waals surface area contributed by atoms with Gasteiger partial charge in [-0.3, -0.25) is 0 Å². The van der Waals surface area contributed by atoms with Gasteiger partial charge in [0.2, 0.25) is 0 Å². The van der Waals surface area contributed by atoms with Crippen LogP contribution in [0.1, 0.15) is 24.8 Å².